The van der Waals surface area contributed by atoms with Gasteiger partial charge in [0.05, 0.1) is 18.8 Å². The zero-order chi connectivity index (χ0) is 23.8. The van der Waals surface area contributed by atoms with Gasteiger partial charge in [0.1, 0.15) is 5.75 Å². The van der Waals surface area contributed by atoms with Gasteiger partial charge in [0.25, 0.3) is 0 Å². The molecule has 0 amide bonds. The summed E-state index contributed by atoms with van der Waals surface area (Å²) < 4.78 is 12.4. The van der Waals surface area contributed by atoms with E-state index in [1.165, 1.54) is 0 Å². The number of ether oxygens (including phenoxy) is 2. The Balaban J connectivity index is 1.52. The summed E-state index contributed by atoms with van der Waals surface area (Å²) in [7, 11) is 0. The second kappa shape index (κ2) is 8.60. The number of hydrogen-bond donors (Lipinski definition) is 1. The molecular formula is C30H25NO4. The summed E-state index contributed by atoms with van der Waals surface area (Å²) in [5.74, 6) is -0.383. The van der Waals surface area contributed by atoms with Crippen LogP contribution in [0.5, 0.6) is 5.75 Å². The second-order valence-electron chi connectivity index (χ2n) is 8.88. The number of morpholine rings is 1. The summed E-state index contributed by atoms with van der Waals surface area (Å²) in [6.45, 7) is 3.21. The van der Waals surface area contributed by atoms with Gasteiger partial charge < -0.3 is 19.5 Å². The van der Waals surface area contributed by atoms with Crippen molar-refractivity contribution in [2.45, 2.75) is 5.60 Å². The van der Waals surface area contributed by atoms with Gasteiger partial charge in [-0.2, -0.15) is 0 Å². The molecule has 2 aliphatic heterocycles. The molecule has 0 aliphatic carbocycles. The summed E-state index contributed by atoms with van der Waals surface area (Å²) in [5.41, 5.74) is 3.04. The van der Waals surface area contributed by atoms with E-state index in [2.05, 4.69) is 41.3 Å². The maximum absolute atomic E-state index is 12.1. The number of carboxylic acid groups (broad SMARTS) is 1. The van der Waals surface area contributed by atoms with E-state index in [1.54, 1.807) is 6.07 Å². The highest BCUT2D eigenvalue weighted by Crippen LogP contribution is 2.46. The summed E-state index contributed by atoms with van der Waals surface area (Å²) in [4.78, 5) is 14.4. The zero-order valence-electron chi connectivity index (χ0n) is 19.2. The Bertz CT molecular complexity index is 1420. The van der Waals surface area contributed by atoms with Gasteiger partial charge in [-0.15, -0.1) is 0 Å². The van der Waals surface area contributed by atoms with Crippen molar-refractivity contribution in [2.75, 3.05) is 31.2 Å². The van der Waals surface area contributed by atoms with Crippen LogP contribution in [0.15, 0.2) is 91.0 Å². The fourth-order valence-electron chi connectivity index (χ4n) is 5.08. The van der Waals surface area contributed by atoms with Crippen molar-refractivity contribution in [3.05, 3.63) is 113 Å². The normalized spacial score (nSPS) is 19.3. The van der Waals surface area contributed by atoms with E-state index in [0.29, 0.717) is 11.3 Å². The fourth-order valence-corrected chi connectivity index (χ4v) is 5.08. The van der Waals surface area contributed by atoms with Crippen LogP contribution < -0.4 is 9.64 Å². The van der Waals surface area contributed by atoms with Crippen LogP contribution >= 0.6 is 0 Å². The lowest BCUT2D eigenvalue weighted by molar-refractivity contribution is 0.0695. The Labute approximate surface area is 203 Å². The van der Waals surface area contributed by atoms with E-state index in [-0.39, 0.29) is 5.56 Å². The van der Waals surface area contributed by atoms with Gasteiger partial charge in [0.15, 0.2) is 5.60 Å². The molecule has 1 unspecified atom stereocenters. The lowest BCUT2D eigenvalue weighted by Gasteiger charge is -2.37. The first-order valence-electron chi connectivity index (χ1n) is 11.8. The molecule has 0 radical (unpaired) electrons. The van der Waals surface area contributed by atoms with Crippen molar-refractivity contribution in [3.63, 3.8) is 0 Å². The van der Waals surface area contributed by atoms with Crippen molar-refractivity contribution in [3.8, 4) is 5.75 Å². The first-order valence-corrected chi connectivity index (χ1v) is 11.8. The molecule has 5 nitrogen and oxygen atoms in total. The van der Waals surface area contributed by atoms with Crippen LogP contribution in [0.25, 0.3) is 16.8 Å². The molecule has 1 fully saturated rings. The number of aromatic carboxylic acids is 1. The molecule has 1 atom stereocenters. The minimum absolute atomic E-state index is 0.235. The van der Waals surface area contributed by atoms with Crippen LogP contribution in [0, 0.1) is 0 Å². The molecule has 0 bridgehead atoms. The zero-order valence-corrected chi connectivity index (χ0v) is 19.2. The molecule has 174 valence electrons. The molecule has 0 aromatic heterocycles. The van der Waals surface area contributed by atoms with Crippen LogP contribution in [0.2, 0.25) is 0 Å². The molecule has 0 saturated carbocycles. The maximum Gasteiger partial charge on any atom is 0.336 e. The topological polar surface area (TPSA) is 59.0 Å². The van der Waals surface area contributed by atoms with Gasteiger partial charge >= 0.3 is 5.97 Å². The Morgan fingerprint density at radius 1 is 0.857 bits per heavy atom. The number of nitrogens with zero attached hydrogens (tertiary/aromatic N) is 1. The summed E-state index contributed by atoms with van der Waals surface area (Å²) >= 11 is 0. The maximum atomic E-state index is 12.1. The van der Waals surface area contributed by atoms with Gasteiger partial charge in [0.2, 0.25) is 0 Å². The average molecular weight is 464 g/mol. The van der Waals surface area contributed by atoms with Crippen LogP contribution in [0.3, 0.4) is 0 Å². The minimum Gasteiger partial charge on any atom is -0.478 e. The van der Waals surface area contributed by atoms with Crippen LogP contribution in [0.4, 0.5) is 5.69 Å². The third kappa shape index (κ3) is 3.65. The molecule has 4 aromatic rings. The Morgan fingerprint density at radius 2 is 1.54 bits per heavy atom. The molecule has 5 heteroatoms. The number of anilines is 1. The standard InChI is InChI=1S/C30H25NO4/c32-29(33)27-20-21-6-4-5-9-25(21)28-26(27)14-15-30(35-28,22-7-2-1-3-8-22)23-10-12-24(13-11-23)31-16-18-34-19-17-31/h1-15,20H,16-19H2,(H,32,33). The largest absolute Gasteiger partial charge is 0.478 e. The van der Waals surface area contributed by atoms with E-state index in [1.807, 2.05) is 54.6 Å². The van der Waals surface area contributed by atoms with E-state index in [9.17, 15) is 9.90 Å². The Kier molecular flexibility index (Phi) is 5.27. The van der Waals surface area contributed by atoms with Crippen LogP contribution in [-0.2, 0) is 10.3 Å². The first-order chi connectivity index (χ1) is 17.2. The molecule has 0 spiro atoms. The molecule has 2 aliphatic rings. The molecule has 4 aromatic carbocycles. The SMILES string of the molecule is O=C(O)c1cc2ccccc2c2c1C=CC(c1ccccc1)(c1ccc(N3CCOCC3)cc1)O2. The summed E-state index contributed by atoms with van der Waals surface area (Å²) in [6, 6.07) is 28.0. The van der Waals surface area contributed by atoms with Crippen molar-refractivity contribution >= 4 is 28.5 Å². The van der Waals surface area contributed by atoms with Gasteiger partial charge in [-0.1, -0.05) is 66.7 Å². The van der Waals surface area contributed by atoms with E-state index < -0.39 is 11.6 Å². The third-order valence-corrected chi connectivity index (χ3v) is 6.89. The Hall–Kier alpha value is -4.09. The van der Waals surface area contributed by atoms with Crippen molar-refractivity contribution in [1.29, 1.82) is 0 Å². The average Bonchev–Trinajstić information content (AvgIpc) is 2.93. The molecule has 6 rings (SSSR count). The summed E-state index contributed by atoms with van der Waals surface area (Å²) in [6.07, 6.45) is 3.88. The lowest BCUT2D eigenvalue weighted by Crippen LogP contribution is -2.37. The number of hydrogen-bond acceptors (Lipinski definition) is 4. The quantitative estimate of drug-likeness (QED) is 0.419. The van der Waals surface area contributed by atoms with E-state index >= 15 is 0 Å². The van der Waals surface area contributed by atoms with Gasteiger partial charge in [-0.25, -0.2) is 4.79 Å². The monoisotopic (exact) mass is 463 g/mol. The number of carbonyl (C=O) groups is 1. The van der Waals surface area contributed by atoms with E-state index in [0.717, 1.165) is 53.9 Å². The van der Waals surface area contributed by atoms with Crippen LogP contribution in [0.1, 0.15) is 27.0 Å². The fraction of sp³-hybridized carbons (Fsp3) is 0.167. The Morgan fingerprint density at radius 3 is 2.29 bits per heavy atom. The van der Waals surface area contributed by atoms with Gasteiger partial charge in [-0.05, 0) is 35.7 Å². The summed E-state index contributed by atoms with van der Waals surface area (Å²) in [5, 5.41) is 11.6. The smallest absolute Gasteiger partial charge is 0.336 e. The molecule has 1 saturated heterocycles. The molecular weight excluding hydrogens is 438 g/mol. The van der Waals surface area contributed by atoms with Crippen LogP contribution in [-0.4, -0.2) is 37.4 Å². The van der Waals surface area contributed by atoms with Crippen molar-refractivity contribution in [1.82, 2.24) is 0 Å². The third-order valence-electron chi connectivity index (χ3n) is 6.89. The predicted octanol–water partition coefficient (Wildman–Crippen LogP) is 5.72. The predicted molar refractivity (Wildman–Crippen MR) is 137 cm³/mol. The van der Waals surface area contributed by atoms with Crippen molar-refractivity contribution < 1.29 is 19.4 Å². The highest BCUT2D eigenvalue weighted by Gasteiger charge is 2.38. The molecule has 1 N–H and O–H groups in total. The lowest BCUT2D eigenvalue weighted by atomic mass is 9.82. The number of carboxylic acids is 1. The van der Waals surface area contributed by atoms with Crippen molar-refractivity contribution in [2.24, 2.45) is 0 Å². The van der Waals surface area contributed by atoms with E-state index in [4.69, 9.17) is 9.47 Å². The molecule has 35 heavy (non-hydrogen) atoms. The van der Waals surface area contributed by atoms with Gasteiger partial charge in [-0.3, -0.25) is 0 Å². The number of benzene rings is 4. The first kappa shape index (κ1) is 21.4. The highest BCUT2D eigenvalue weighted by molar-refractivity contribution is 6.03. The van der Waals surface area contributed by atoms with Gasteiger partial charge in [0, 0.05) is 40.9 Å². The minimum atomic E-state index is -0.970. The number of fused-ring (bicyclic) bond motifs is 3. The molecule has 2 heterocycles. The number of rotatable bonds is 4. The second-order valence-corrected chi connectivity index (χ2v) is 8.88. The highest BCUT2D eigenvalue weighted by atomic mass is 16.5.